The number of halogens is 1. The van der Waals surface area contributed by atoms with Gasteiger partial charge in [-0.3, -0.25) is 14.3 Å². The lowest BCUT2D eigenvalue weighted by atomic mass is 10.0. The Hall–Kier alpha value is -2.99. The van der Waals surface area contributed by atoms with E-state index < -0.39 is 0 Å². The predicted octanol–water partition coefficient (Wildman–Crippen LogP) is 5.57. The van der Waals surface area contributed by atoms with Crippen molar-refractivity contribution in [2.75, 3.05) is 20.3 Å². The smallest absolute Gasteiger partial charge is 0.261 e. The van der Waals surface area contributed by atoms with Crippen LogP contribution < -0.4 is 5.56 Å². The normalized spacial score (nSPS) is 16.2. The van der Waals surface area contributed by atoms with E-state index in [9.17, 15) is 4.79 Å². The number of benzene rings is 3. The Bertz CT molecular complexity index is 1350. The summed E-state index contributed by atoms with van der Waals surface area (Å²) >= 11 is 6.00. The Morgan fingerprint density at radius 3 is 2.51 bits per heavy atom. The maximum atomic E-state index is 13.1. The lowest BCUT2D eigenvalue weighted by Crippen LogP contribution is -2.32. The highest BCUT2D eigenvalue weighted by molar-refractivity contribution is 6.30. The molecule has 4 aromatic rings. The summed E-state index contributed by atoms with van der Waals surface area (Å²) < 4.78 is 7.08. The van der Waals surface area contributed by atoms with Crippen molar-refractivity contribution in [2.24, 2.45) is 0 Å². The van der Waals surface area contributed by atoms with Crippen LogP contribution >= 0.6 is 11.6 Å². The van der Waals surface area contributed by atoms with Crippen molar-refractivity contribution in [3.05, 3.63) is 99.6 Å². The monoisotopic (exact) mass is 487 g/mol. The number of aryl methyl sites for hydroxylation is 2. The number of hydrogen-bond acceptors (Lipinski definition) is 4. The summed E-state index contributed by atoms with van der Waals surface area (Å²) in [6.45, 7) is 3.49. The zero-order chi connectivity index (χ0) is 24.2. The number of aromatic nitrogens is 2. The van der Waals surface area contributed by atoms with Crippen molar-refractivity contribution in [1.82, 2.24) is 14.5 Å². The molecule has 3 aromatic carbocycles. The van der Waals surface area contributed by atoms with Gasteiger partial charge in [-0.15, -0.1) is 0 Å². The lowest BCUT2D eigenvalue weighted by molar-refractivity contribution is 0.112. The summed E-state index contributed by atoms with van der Waals surface area (Å²) in [6, 6.07) is 22.8. The summed E-state index contributed by atoms with van der Waals surface area (Å²) in [7, 11) is 1.78. The average Bonchev–Trinajstić information content (AvgIpc) is 3.31. The van der Waals surface area contributed by atoms with Gasteiger partial charge in [0, 0.05) is 31.3 Å². The molecule has 180 valence electrons. The van der Waals surface area contributed by atoms with E-state index in [0.717, 1.165) is 37.2 Å². The molecule has 1 atom stereocenters. The summed E-state index contributed by atoms with van der Waals surface area (Å²) in [5.74, 6) is 0. The van der Waals surface area contributed by atoms with Gasteiger partial charge in [-0.2, -0.15) is 0 Å². The van der Waals surface area contributed by atoms with Gasteiger partial charge in [0.25, 0.3) is 5.56 Å². The van der Waals surface area contributed by atoms with Crippen LogP contribution in [0.15, 0.2) is 77.9 Å². The number of methoxy groups -OCH3 is 1. The van der Waals surface area contributed by atoms with Gasteiger partial charge in [-0.25, -0.2) is 4.98 Å². The highest BCUT2D eigenvalue weighted by Gasteiger charge is 2.24. The van der Waals surface area contributed by atoms with E-state index in [1.54, 1.807) is 18.0 Å². The molecule has 2 heterocycles. The molecule has 1 aliphatic heterocycles. The molecule has 0 aliphatic carbocycles. The van der Waals surface area contributed by atoms with Crippen molar-refractivity contribution >= 4 is 22.5 Å². The minimum absolute atomic E-state index is 0.00695. The van der Waals surface area contributed by atoms with Crippen molar-refractivity contribution in [1.29, 1.82) is 0 Å². The van der Waals surface area contributed by atoms with Crippen LogP contribution in [0, 0.1) is 0 Å². The first-order chi connectivity index (χ1) is 17.1. The minimum atomic E-state index is -0.00695. The van der Waals surface area contributed by atoms with Gasteiger partial charge in [0.05, 0.1) is 23.8 Å². The van der Waals surface area contributed by atoms with Gasteiger partial charge in [-0.05, 0) is 72.3 Å². The Labute approximate surface area is 210 Å². The fraction of sp³-hybridized carbons (Fsp3) is 0.310. The molecule has 0 unspecified atom stereocenters. The molecule has 0 saturated carbocycles. The van der Waals surface area contributed by atoms with Gasteiger partial charge in [0.2, 0.25) is 0 Å². The fourth-order valence-electron chi connectivity index (χ4n) is 4.92. The number of likely N-dealkylation sites (tertiary alicyclic amines) is 1. The molecule has 6 heteroatoms. The van der Waals surface area contributed by atoms with Crippen LogP contribution in [0.25, 0.3) is 22.0 Å². The predicted molar refractivity (Wildman–Crippen MR) is 142 cm³/mol. The molecule has 1 aliphatic rings. The Morgan fingerprint density at radius 1 is 1.00 bits per heavy atom. The number of ether oxygens (including phenoxy) is 1. The largest absolute Gasteiger partial charge is 0.383 e. The van der Waals surface area contributed by atoms with Crippen LogP contribution in [-0.2, 0) is 24.2 Å². The van der Waals surface area contributed by atoms with Crippen molar-refractivity contribution in [2.45, 2.75) is 38.4 Å². The zero-order valence-corrected chi connectivity index (χ0v) is 20.7. The topological polar surface area (TPSA) is 47.4 Å². The van der Waals surface area contributed by atoms with E-state index in [0.29, 0.717) is 28.5 Å². The fourth-order valence-corrected chi connectivity index (χ4v) is 5.05. The van der Waals surface area contributed by atoms with Crippen LogP contribution in [-0.4, -0.2) is 40.8 Å². The van der Waals surface area contributed by atoms with E-state index >= 15 is 0 Å². The molecular weight excluding hydrogens is 458 g/mol. The first-order valence-corrected chi connectivity index (χ1v) is 12.5. The molecule has 1 saturated heterocycles. The molecule has 5 rings (SSSR count). The quantitative estimate of drug-likeness (QED) is 0.326. The van der Waals surface area contributed by atoms with Crippen LogP contribution in [0.4, 0.5) is 0 Å². The zero-order valence-electron chi connectivity index (χ0n) is 20.0. The highest BCUT2D eigenvalue weighted by atomic mass is 35.5. The third-order valence-corrected chi connectivity index (χ3v) is 7.16. The first kappa shape index (κ1) is 23.7. The molecule has 35 heavy (non-hydrogen) atoms. The molecule has 1 aromatic heterocycles. The van der Waals surface area contributed by atoms with Gasteiger partial charge < -0.3 is 4.74 Å². The van der Waals surface area contributed by atoms with E-state index in [2.05, 4.69) is 34.1 Å². The van der Waals surface area contributed by atoms with Crippen molar-refractivity contribution < 1.29 is 4.74 Å². The highest BCUT2D eigenvalue weighted by Crippen LogP contribution is 2.24. The SMILES string of the molecule is COC[C@@H]1CCCN1Cc1ccc(CCn2cnc3cc(-c4ccc(Cl)cc4)ccc3c2=O)cc1. The van der Waals surface area contributed by atoms with Crippen LogP contribution in [0.1, 0.15) is 24.0 Å². The maximum Gasteiger partial charge on any atom is 0.261 e. The summed E-state index contributed by atoms with van der Waals surface area (Å²) in [5, 5.41) is 1.34. The minimum Gasteiger partial charge on any atom is -0.383 e. The van der Waals surface area contributed by atoms with E-state index in [4.69, 9.17) is 16.3 Å². The molecular formula is C29H30ClN3O2. The average molecular weight is 488 g/mol. The second-order valence-electron chi connectivity index (χ2n) is 9.27. The summed E-state index contributed by atoms with van der Waals surface area (Å²) in [5.41, 5.74) is 5.29. The molecule has 0 N–H and O–H groups in total. The molecule has 5 nitrogen and oxygen atoms in total. The van der Waals surface area contributed by atoms with E-state index in [1.165, 1.54) is 24.0 Å². The second-order valence-corrected chi connectivity index (χ2v) is 9.71. The molecule has 1 fully saturated rings. The molecule has 0 spiro atoms. The van der Waals surface area contributed by atoms with Crippen LogP contribution in [0.3, 0.4) is 0 Å². The molecule has 0 amide bonds. The standard InChI is InChI=1S/C29H30ClN3O2/c1-35-19-26-3-2-15-32(26)18-22-6-4-21(5-7-22)14-16-33-20-31-28-17-24(10-13-27(28)29(33)34)23-8-11-25(30)12-9-23/h4-13,17,20,26H,2-3,14-16,18-19H2,1H3/t26-/m0/s1. The Kier molecular flexibility index (Phi) is 7.28. The lowest BCUT2D eigenvalue weighted by Gasteiger charge is -2.23. The van der Waals surface area contributed by atoms with E-state index in [1.807, 2.05) is 42.5 Å². The van der Waals surface area contributed by atoms with Gasteiger partial charge >= 0.3 is 0 Å². The second kappa shape index (κ2) is 10.7. The van der Waals surface area contributed by atoms with Crippen LogP contribution in [0.2, 0.25) is 5.02 Å². The maximum absolute atomic E-state index is 13.1. The molecule has 0 bridgehead atoms. The van der Waals surface area contributed by atoms with Gasteiger partial charge in [0.15, 0.2) is 0 Å². The van der Waals surface area contributed by atoms with Gasteiger partial charge in [0.1, 0.15) is 0 Å². The number of fused-ring (bicyclic) bond motifs is 1. The number of nitrogens with zero attached hydrogens (tertiary/aromatic N) is 3. The number of rotatable bonds is 8. The van der Waals surface area contributed by atoms with Crippen LogP contribution in [0.5, 0.6) is 0 Å². The summed E-state index contributed by atoms with van der Waals surface area (Å²) in [6.07, 6.45) is 4.90. The number of hydrogen-bond donors (Lipinski definition) is 0. The molecule has 0 radical (unpaired) electrons. The third kappa shape index (κ3) is 5.48. The Balaban J connectivity index is 1.25. The van der Waals surface area contributed by atoms with Crippen molar-refractivity contribution in [3.63, 3.8) is 0 Å². The first-order valence-electron chi connectivity index (χ1n) is 12.2. The van der Waals surface area contributed by atoms with Crippen molar-refractivity contribution in [3.8, 4) is 11.1 Å². The van der Waals surface area contributed by atoms with E-state index in [-0.39, 0.29) is 5.56 Å². The Morgan fingerprint density at radius 2 is 1.74 bits per heavy atom. The third-order valence-electron chi connectivity index (χ3n) is 6.91. The van der Waals surface area contributed by atoms with Gasteiger partial charge in [-0.1, -0.05) is 54.1 Å². The summed E-state index contributed by atoms with van der Waals surface area (Å²) in [4.78, 5) is 20.1.